The summed E-state index contributed by atoms with van der Waals surface area (Å²) in [5.41, 5.74) is 2.76. The third-order valence-electron chi connectivity index (χ3n) is 3.15. The fraction of sp³-hybridized carbons (Fsp3) is 0.312. The van der Waals surface area contributed by atoms with Crippen LogP contribution >= 0.6 is 11.3 Å². The number of aliphatic hydroxyl groups excluding tert-OH is 1. The monoisotopic (exact) mass is 304 g/mol. The Morgan fingerprint density at radius 1 is 1.24 bits per heavy atom. The molecule has 2 unspecified atom stereocenters. The summed E-state index contributed by atoms with van der Waals surface area (Å²) in [4.78, 5) is 11.9. The highest BCUT2D eigenvalue weighted by molar-refractivity contribution is 7.07. The molecule has 0 fully saturated rings. The van der Waals surface area contributed by atoms with Gasteiger partial charge in [-0.2, -0.15) is 11.3 Å². The molecule has 0 radical (unpaired) electrons. The molecule has 5 heteroatoms. The van der Waals surface area contributed by atoms with E-state index in [0.29, 0.717) is 5.69 Å². The number of hydrogen-bond donors (Lipinski definition) is 3. The van der Waals surface area contributed by atoms with Crippen LogP contribution in [0.2, 0.25) is 0 Å². The van der Waals surface area contributed by atoms with Crippen LogP contribution in [0.15, 0.2) is 41.1 Å². The smallest absolute Gasteiger partial charge is 0.319 e. The zero-order valence-electron chi connectivity index (χ0n) is 12.2. The number of urea groups is 1. The first-order valence-corrected chi connectivity index (χ1v) is 7.85. The minimum absolute atomic E-state index is 0.0661. The molecule has 0 bridgehead atoms. The summed E-state index contributed by atoms with van der Waals surface area (Å²) < 4.78 is 0. The van der Waals surface area contributed by atoms with Crippen LogP contribution in [0.3, 0.4) is 0 Å². The predicted octanol–water partition coefficient (Wildman–Crippen LogP) is 3.55. The maximum absolute atomic E-state index is 11.9. The maximum atomic E-state index is 11.9. The lowest BCUT2D eigenvalue weighted by Crippen LogP contribution is -2.37. The van der Waals surface area contributed by atoms with E-state index >= 15 is 0 Å². The normalized spacial score (nSPS) is 13.5. The number of nitrogens with one attached hydrogen (secondary N) is 2. The van der Waals surface area contributed by atoms with Gasteiger partial charge in [0.15, 0.2) is 0 Å². The number of amides is 2. The number of aliphatic hydroxyl groups is 1. The van der Waals surface area contributed by atoms with E-state index in [2.05, 4.69) is 22.1 Å². The van der Waals surface area contributed by atoms with Crippen molar-refractivity contribution in [2.24, 2.45) is 0 Å². The summed E-state index contributed by atoms with van der Waals surface area (Å²) in [6.45, 7) is 3.69. The number of rotatable bonds is 5. The Morgan fingerprint density at radius 2 is 1.95 bits per heavy atom. The van der Waals surface area contributed by atoms with Gasteiger partial charge in [0.1, 0.15) is 0 Å². The number of anilines is 1. The highest BCUT2D eigenvalue weighted by Gasteiger charge is 2.09. The molecule has 1 heterocycles. The van der Waals surface area contributed by atoms with Crippen LogP contribution in [-0.2, 0) is 6.42 Å². The van der Waals surface area contributed by atoms with Crippen LogP contribution in [-0.4, -0.2) is 17.2 Å². The molecule has 0 aliphatic carbocycles. The lowest BCUT2D eigenvalue weighted by atomic mass is 10.1. The molecule has 3 N–H and O–H groups in total. The van der Waals surface area contributed by atoms with Gasteiger partial charge in [-0.3, -0.25) is 0 Å². The van der Waals surface area contributed by atoms with Crippen LogP contribution in [0.5, 0.6) is 0 Å². The minimum Gasteiger partial charge on any atom is -0.389 e. The van der Waals surface area contributed by atoms with E-state index in [4.69, 9.17) is 0 Å². The highest BCUT2D eigenvalue weighted by atomic mass is 32.1. The Balaban J connectivity index is 1.83. The van der Waals surface area contributed by atoms with Crippen LogP contribution in [0.25, 0.3) is 0 Å². The molecule has 2 rings (SSSR count). The largest absolute Gasteiger partial charge is 0.389 e. The molecular weight excluding hydrogens is 284 g/mol. The van der Waals surface area contributed by atoms with Gasteiger partial charge in [-0.1, -0.05) is 12.1 Å². The zero-order valence-corrected chi connectivity index (χ0v) is 13.0. The predicted molar refractivity (Wildman–Crippen MR) is 86.7 cm³/mol. The van der Waals surface area contributed by atoms with Crippen molar-refractivity contribution in [3.63, 3.8) is 0 Å². The topological polar surface area (TPSA) is 61.4 Å². The summed E-state index contributed by atoms with van der Waals surface area (Å²) in [6.07, 6.45) is 0.316. The molecule has 2 aromatic rings. The lowest BCUT2D eigenvalue weighted by molar-refractivity contribution is 0.199. The van der Waals surface area contributed by atoms with Gasteiger partial charge in [-0.25, -0.2) is 4.79 Å². The van der Waals surface area contributed by atoms with E-state index in [1.54, 1.807) is 42.5 Å². The average molecular weight is 304 g/mol. The van der Waals surface area contributed by atoms with Gasteiger partial charge in [-0.15, -0.1) is 0 Å². The lowest BCUT2D eigenvalue weighted by Gasteiger charge is -2.14. The van der Waals surface area contributed by atoms with E-state index in [9.17, 15) is 9.90 Å². The van der Waals surface area contributed by atoms with Gasteiger partial charge < -0.3 is 15.7 Å². The van der Waals surface area contributed by atoms with Gasteiger partial charge >= 0.3 is 6.03 Å². The number of benzene rings is 1. The first kappa shape index (κ1) is 15.5. The van der Waals surface area contributed by atoms with Crippen LogP contribution in [0.4, 0.5) is 10.5 Å². The number of carbonyl (C=O) groups excluding carboxylic acids is 1. The summed E-state index contributed by atoms with van der Waals surface area (Å²) in [7, 11) is 0. The Kier molecular flexibility index (Phi) is 5.36. The average Bonchev–Trinajstić information content (AvgIpc) is 2.91. The minimum atomic E-state index is -0.501. The van der Waals surface area contributed by atoms with Gasteiger partial charge in [0.2, 0.25) is 0 Å². The third-order valence-corrected chi connectivity index (χ3v) is 3.88. The van der Waals surface area contributed by atoms with Crippen molar-refractivity contribution in [2.75, 3.05) is 5.32 Å². The molecule has 2 amide bonds. The standard InChI is InChI=1S/C16H20N2O2S/c1-11(9-13-7-8-21-10-13)17-16(20)18-15-5-3-14(4-6-15)12(2)19/h3-8,10-12,19H,9H2,1-2H3,(H2,17,18,20). The molecule has 4 nitrogen and oxygen atoms in total. The first-order valence-electron chi connectivity index (χ1n) is 6.91. The third kappa shape index (κ3) is 4.88. The molecule has 0 aliphatic heterocycles. The molecule has 0 saturated carbocycles. The fourth-order valence-corrected chi connectivity index (χ4v) is 2.73. The first-order chi connectivity index (χ1) is 10.0. The molecule has 2 atom stereocenters. The summed E-state index contributed by atoms with van der Waals surface area (Å²) in [5, 5.41) is 19.3. The molecule has 0 aliphatic rings. The Hall–Kier alpha value is -1.85. The maximum Gasteiger partial charge on any atom is 0.319 e. The van der Waals surface area contributed by atoms with E-state index in [-0.39, 0.29) is 12.1 Å². The molecule has 1 aromatic carbocycles. The van der Waals surface area contributed by atoms with Crippen LogP contribution in [0, 0.1) is 0 Å². The van der Waals surface area contributed by atoms with Crippen molar-refractivity contribution in [3.05, 3.63) is 52.2 Å². The second-order valence-corrected chi connectivity index (χ2v) is 5.91. The van der Waals surface area contributed by atoms with Crippen molar-refractivity contribution in [3.8, 4) is 0 Å². The SMILES string of the molecule is CC(Cc1ccsc1)NC(=O)Nc1ccc(C(C)O)cc1. The summed E-state index contributed by atoms with van der Waals surface area (Å²) in [6, 6.07) is 9.08. The van der Waals surface area contributed by atoms with Crippen molar-refractivity contribution < 1.29 is 9.90 Å². The second kappa shape index (κ2) is 7.24. The van der Waals surface area contributed by atoms with Crippen molar-refractivity contribution in [1.29, 1.82) is 0 Å². The number of hydrogen-bond acceptors (Lipinski definition) is 3. The second-order valence-electron chi connectivity index (χ2n) is 5.13. The molecule has 112 valence electrons. The van der Waals surface area contributed by atoms with E-state index in [1.165, 1.54) is 5.56 Å². The number of thiophene rings is 1. The van der Waals surface area contributed by atoms with Crippen molar-refractivity contribution in [2.45, 2.75) is 32.4 Å². The number of carbonyl (C=O) groups is 1. The van der Waals surface area contributed by atoms with E-state index in [1.807, 2.05) is 12.3 Å². The quantitative estimate of drug-likeness (QED) is 0.791. The van der Waals surface area contributed by atoms with Gasteiger partial charge in [0.25, 0.3) is 0 Å². The van der Waals surface area contributed by atoms with Gasteiger partial charge in [0.05, 0.1) is 6.10 Å². The van der Waals surface area contributed by atoms with Gasteiger partial charge in [-0.05, 0) is 60.4 Å². The Bertz CT molecular complexity index is 564. The highest BCUT2D eigenvalue weighted by Crippen LogP contribution is 2.15. The molecule has 21 heavy (non-hydrogen) atoms. The van der Waals surface area contributed by atoms with Crippen LogP contribution < -0.4 is 10.6 Å². The van der Waals surface area contributed by atoms with E-state index < -0.39 is 6.10 Å². The molecule has 1 aromatic heterocycles. The van der Waals surface area contributed by atoms with E-state index in [0.717, 1.165) is 12.0 Å². The molecule has 0 spiro atoms. The summed E-state index contributed by atoms with van der Waals surface area (Å²) >= 11 is 1.66. The van der Waals surface area contributed by atoms with Crippen molar-refractivity contribution >= 4 is 23.1 Å². The Morgan fingerprint density at radius 3 is 2.52 bits per heavy atom. The molecular formula is C16H20N2O2S. The molecule has 0 saturated heterocycles. The van der Waals surface area contributed by atoms with Gasteiger partial charge in [0, 0.05) is 11.7 Å². The fourth-order valence-electron chi connectivity index (χ4n) is 2.05. The van der Waals surface area contributed by atoms with Crippen molar-refractivity contribution in [1.82, 2.24) is 5.32 Å². The zero-order chi connectivity index (χ0) is 15.2. The Labute approximate surface area is 128 Å². The summed E-state index contributed by atoms with van der Waals surface area (Å²) in [5.74, 6) is 0. The van der Waals surface area contributed by atoms with Crippen LogP contribution in [0.1, 0.15) is 31.1 Å².